The first-order valence-electron chi connectivity index (χ1n) is 6.89. The highest BCUT2D eigenvalue weighted by atomic mass is 32.2. The lowest BCUT2D eigenvalue weighted by atomic mass is 10.2. The number of piperidine rings is 1. The van der Waals surface area contributed by atoms with E-state index in [2.05, 4.69) is 10.6 Å². The molecular formula is C13H26N2O2S. The fraction of sp³-hybridized carbons (Fsp3) is 0.923. The van der Waals surface area contributed by atoms with Crippen LogP contribution in [0.3, 0.4) is 0 Å². The smallest absolute Gasteiger partial charge is 0.230 e. The molecule has 1 aliphatic rings. The standard InChI is InChI=1S/C13H26N2O2S/c1-11(2)17-9-3-6-15-13(16)10-18-12-4-7-14-8-5-12/h11-12,14H,3-10H2,1-2H3,(H,15,16). The Hall–Kier alpha value is -0.260. The van der Waals surface area contributed by atoms with Crippen molar-refractivity contribution in [2.45, 2.75) is 44.5 Å². The highest BCUT2D eigenvalue weighted by Crippen LogP contribution is 2.19. The summed E-state index contributed by atoms with van der Waals surface area (Å²) in [5.74, 6) is 0.749. The number of ether oxygens (including phenoxy) is 1. The van der Waals surface area contributed by atoms with E-state index < -0.39 is 0 Å². The average Bonchev–Trinajstić information content (AvgIpc) is 2.37. The maximum atomic E-state index is 11.6. The van der Waals surface area contributed by atoms with Gasteiger partial charge in [-0.15, -0.1) is 11.8 Å². The minimum absolute atomic E-state index is 0.156. The molecule has 0 unspecified atom stereocenters. The van der Waals surface area contributed by atoms with Crippen LogP contribution in [0.4, 0.5) is 0 Å². The molecule has 0 bridgehead atoms. The maximum Gasteiger partial charge on any atom is 0.230 e. The van der Waals surface area contributed by atoms with Crippen LogP contribution in [0.5, 0.6) is 0 Å². The summed E-state index contributed by atoms with van der Waals surface area (Å²) in [6.45, 7) is 7.66. The molecule has 1 amide bonds. The quantitative estimate of drug-likeness (QED) is 0.657. The summed E-state index contributed by atoms with van der Waals surface area (Å²) in [4.78, 5) is 11.6. The molecule has 0 atom stereocenters. The van der Waals surface area contributed by atoms with Gasteiger partial charge in [-0.05, 0) is 46.2 Å². The zero-order chi connectivity index (χ0) is 13.2. The van der Waals surface area contributed by atoms with Crippen molar-refractivity contribution in [1.82, 2.24) is 10.6 Å². The van der Waals surface area contributed by atoms with Crippen molar-refractivity contribution in [3.8, 4) is 0 Å². The van der Waals surface area contributed by atoms with Crippen LogP contribution >= 0.6 is 11.8 Å². The molecule has 1 saturated heterocycles. The summed E-state index contributed by atoms with van der Waals surface area (Å²) >= 11 is 1.79. The van der Waals surface area contributed by atoms with Crippen LogP contribution in [0.2, 0.25) is 0 Å². The Morgan fingerprint density at radius 2 is 2.17 bits per heavy atom. The molecule has 4 nitrogen and oxygen atoms in total. The van der Waals surface area contributed by atoms with Crippen molar-refractivity contribution in [1.29, 1.82) is 0 Å². The zero-order valence-corrected chi connectivity index (χ0v) is 12.4. The van der Waals surface area contributed by atoms with Gasteiger partial charge in [0.1, 0.15) is 0 Å². The lowest BCUT2D eigenvalue weighted by Gasteiger charge is -2.21. The first-order chi connectivity index (χ1) is 8.68. The molecule has 0 spiro atoms. The van der Waals surface area contributed by atoms with Gasteiger partial charge in [0.05, 0.1) is 11.9 Å². The van der Waals surface area contributed by atoms with E-state index in [1.165, 1.54) is 12.8 Å². The van der Waals surface area contributed by atoms with E-state index in [0.717, 1.165) is 32.7 Å². The van der Waals surface area contributed by atoms with Crippen LogP contribution in [0.1, 0.15) is 33.1 Å². The summed E-state index contributed by atoms with van der Waals surface area (Å²) in [5.41, 5.74) is 0. The molecule has 2 N–H and O–H groups in total. The second kappa shape index (κ2) is 9.64. The maximum absolute atomic E-state index is 11.6. The first-order valence-corrected chi connectivity index (χ1v) is 7.94. The molecule has 1 fully saturated rings. The fourth-order valence-corrected chi connectivity index (χ4v) is 2.88. The topological polar surface area (TPSA) is 50.4 Å². The SMILES string of the molecule is CC(C)OCCCNC(=O)CSC1CCNCC1. The number of hydrogen-bond donors (Lipinski definition) is 2. The Balaban J connectivity index is 1.93. The molecule has 5 heteroatoms. The van der Waals surface area contributed by atoms with Gasteiger partial charge in [0.15, 0.2) is 0 Å². The predicted molar refractivity (Wildman–Crippen MR) is 77.1 cm³/mol. The van der Waals surface area contributed by atoms with Crippen molar-refractivity contribution in [3.05, 3.63) is 0 Å². The lowest BCUT2D eigenvalue weighted by molar-refractivity contribution is -0.118. The van der Waals surface area contributed by atoms with E-state index in [9.17, 15) is 4.79 Å². The minimum Gasteiger partial charge on any atom is -0.379 e. The van der Waals surface area contributed by atoms with Crippen molar-refractivity contribution >= 4 is 17.7 Å². The molecule has 18 heavy (non-hydrogen) atoms. The first kappa shape index (κ1) is 15.8. The van der Waals surface area contributed by atoms with E-state index in [1.807, 2.05) is 13.8 Å². The van der Waals surface area contributed by atoms with Gasteiger partial charge in [-0.1, -0.05) is 0 Å². The molecule has 106 valence electrons. The minimum atomic E-state index is 0.156. The monoisotopic (exact) mass is 274 g/mol. The molecule has 0 aromatic heterocycles. The third-order valence-electron chi connectivity index (χ3n) is 2.83. The van der Waals surface area contributed by atoms with Crippen LogP contribution in [0.25, 0.3) is 0 Å². The Morgan fingerprint density at radius 3 is 2.83 bits per heavy atom. The van der Waals surface area contributed by atoms with E-state index in [4.69, 9.17) is 4.74 Å². The summed E-state index contributed by atoms with van der Waals surface area (Å²) in [6.07, 6.45) is 3.53. The predicted octanol–water partition coefficient (Wildman–Crippen LogP) is 1.40. The molecule has 1 aliphatic heterocycles. The van der Waals surface area contributed by atoms with Crippen molar-refractivity contribution < 1.29 is 9.53 Å². The molecule has 1 rings (SSSR count). The number of rotatable bonds is 8. The molecular weight excluding hydrogens is 248 g/mol. The van der Waals surface area contributed by atoms with Crippen LogP contribution < -0.4 is 10.6 Å². The normalized spacial score (nSPS) is 17.1. The fourth-order valence-electron chi connectivity index (χ4n) is 1.83. The number of hydrogen-bond acceptors (Lipinski definition) is 4. The third kappa shape index (κ3) is 7.95. The van der Waals surface area contributed by atoms with Gasteiger partial charge in [0, 0.05) is 18.4 Å². The van der Waals surface area contributed by atoms with Gasteiger partial charge < -0.3 is 15.4 Å². The van der Waals surface area contributed by atoms with Gasteiger partial charge in [-0.25, -0.2) is 0 Å². The molecule has 0 radical (unpaired) electrons. The molecule has 0 aromatic rings. The number of amides is 1. The van der Waals surface area contributed by atoms with Crippen LogP contribution in [0.15, 0.2) is 0 Å². The summed E-state index contributed by atoms with van der Waals surface area (Å²) in [5, 5.41) is 6.93. The van der Waals surface area contributed by atoms with Gasteiger partial charge >= 0.3 is 0 Å². The third-order valence-corrected chi connectivity index (χ3v) is 4.20. The number of carbonyl (C=O) groups is 1. The summed E-state index contributed by atoms with van der Waals surface area (Å²) in [7, 11) is 0. The Morgan fingerprint density at radius 1 is 1.44 bits per heavy atom. The van der Waals surface area contributed by atoms with Gasteiger partial charge in [0.25, 0.3) is 0 Å². The molecule has 0 saturated carbocycles. The van der Waals surface area contributed by atoms with E-state index >= 15 is 0 Å². The Labute approximate surface area is 115 Å². The van der Waals surface area contributed by atoms with Gasteiger partial charge in [-0.2, -0.15) is 0 Å². The summed E-state index contributed by atoms with van der Waals surface area (Å²) < 4.78 is 5.42. The van der Waals surface area contributed by atoms with Crippen LogP contribution in [0, 0.1) is 0 Å². The molecule has 1 heterocycles. The number of nitrogens with one attached hydrogen (secondary N) is 2. The highest BCUT2D eigenvalue weighted by Gasteiger charge is 2.14. The highest BCUT2D eigenvalue weighted by molar-refractivity contribution is 8.00. The van der Waals surface area contributed by atoms with E-state index in [-0.39, 0.29) is 12.0 Å². The summed E-state index contributed by atoms with van der Waals surface area (Å²) in [6, 6.07) is 0. The second-order valence-corrected chi connectivity index (χ2v) is 6.17. The number of thioether (sulfide) groups is 1. The van der Waals surface area contributed by atoms with Crippen molar-refractivity contribution in [2.24, 2.45) is 0 Å². The van der Waals surface area contributed by atoms with Gasteiger partial charge in [-0.3, -0.25) is 4.79 Å². The molecule has 0 aliphatic carbocycles. The van der Waals surface area contributed by atoms with Gasteiger partial charge in [0.2, 0.25) is 5.91 Å². The Kier molecular flexibility index (Phi) is 8.46. The average molecular weight is 274 g/mol. The second-order valence-electron chi connectivity index (χ2n) is 4.88. The lowest BCUT2D eigenvalue weighted by Crippen LogP contribution is -2.31. The van der Waals surface area contributed by atoms with E-state index in [1.54, 1.807) is 11.8 Å². The molecule has 0 aromatic carbocycles. The van der Waals surface area contributed by atoms with Crippen molar-refractivity contribution in [2.75, 3.05) is 32.0 Å². The zero-order valence-electron chi connectivity index (χ0n) is 11.5. The van der Waals surface area contributed by atoms with Crippen molar-refractivity contribution in [3.63, 3.8) is 0 Å². The number of carbonyl (C=O) groups excluding carboxylic acids is 1. The Bertz CT molecular complexity index is 231. The van der Waals surface area contributed by atoms with E-state index in [0.29, 0.717) is 11.0 Å². The van der Waals surface area contributed by atoms with Crippen LogP contribution in [-0.2, 0) is 9.53 Å². The largest absolute Gasteiger partial charge is 0.379 e. The van der Waals surface area contributed by atoms with Crippen LogP contribution in [-0.4, -0.2) is 49.3 Å².